The quantitative estimate of drug-likeness (QED) is 0.850. The van der Waals surface area contributed by atoms with Crippen molar-refractivity contribution in [1.82, 2.24) is 5.32 Å². The number of hydrogen-bond donors (Lipinski definition) is 1. The van der Waals surface area contributed by atoms with Gasteiger partial charge in [0.2, 0.25) is 0 Å². The fourth-order valence-corrected chi connectivity index (χ4v) is 3.91. The lowest BCUT2D eigenvalue weighted by Crippen LogP contribution is -2.53. The molecule has 0 saturated heterocycles. The molecule has 1 aliphatic rings. The molecule has 102 valence electrons. The average molecular weight is 267 g/mol. The lowest BCUT2D eigenvalue weighted by Gasteiger charge is -2.43. The van der Waals surface area contributed by atoms with Gasteiger partial charge in [-0.1, -0.05) is 19.3 Å². The molecule has 0 amide bonds. The topological polar surface area (TPSA) is 21.3 Å². The standard InChI is InChI=1S/C15H25NOS/c1-3-17-15(8-5-4-6-9-15)14(16-2)11-13-7-10-18-12-13/h7,10,12,14,16H,3-6,8-9,11H2,1-2H3. The van der Waals surface area contributed by atoms with Crippen LogP contribution in [0.25, 0.3) is 0 Å². The van der Waals surface area contributed by atoms with Gasteiger partial charge in [0.1, 0.15) is 0 Å². The van der Waals surface area contributed by atoms with Gasteiger partial charge in [-0.2, -0.15) is 11.3 Å². The minimum absolute atomic E-state index is 0.0592. The number of thiophene rings is 1. The van der Waals surface area contributed by atoms with Gasteiger partial charge in [0.05, 0.1) is 5.60 Å². The third-order valence-corrected chi connectivity index (χ3v) is 4.87. The summed E-state index contributed by atoms with van der Waals surface area (Å²) in [5.41, 5.74) is 1.49. The van der Waals surface area contributed by atoms with Crippen molar-refractivity contribution in [2.75, 3.05) is 13.7 Å². The molecule has 1 unspecified atom stereocenters. The monoisotopic (exact) mass is 267 g/mol. The molecule has 0 aliphatic heterocycles. The maximum absolute atomic E-state index is 6.21. The fraction of sp³-hybridized carbons (Fsp3) is 0.733. The van der Waals surface area contributed by atoms with Crippen molar-refractivity contribution in [3.63, 3.8) is 0 Å². The third kappa shape index (κ3) is 3.14. The Hall–Kier alpha value is -0.380. The molecule has 1 aromatic heterocycles. The highest BCUT2D eigenvalue weighted by atomic mass is 32.1. The molecule has 18 heavy (non-hydrogen) atoms. The van der Waals surface area contributed by atoms with Crippen molar-refractivity contribution < 1.29 is 4.74 Å². The van der Waals surface area contributed by atoms with Crippen molar-refractivity contribution in [3.05, 3.63) is 22.4 Å². The Labute approximate surface area is 115 Å². The van der Waals surface area contributed by atoms with Crippen LogP contribution in [0.3, 0.4) is 0 Å². The molecule has 0 bridgehead atoms. The lowest BCUT2D eigenvalue weighted by atomic mass is 9.77. The molecule has 0 spiro atoms. The van der Waals surface area contributed by atoms with Crippen LogP contribution in [0.4, 0.5) is 0 Å². The van der Waals surface area contributed by atoms with Crippen LogP contribution in [0.15, 0.2) is 16.8 Å². The Morgan fingerprint density at radius 2 is 2.17 bits per heavy atom. The SMILES string of the molecule is CCOC1(C(Cc2ccsc2)NC)CCCCC1. The molecule has 1 aliphatic carbocycles. The zero-order chi connectivity index (χ0) is 12.8. The number of likely N-dealkylation sites (N-methyl/N-ethyl adjacent to an activating group) is 1. The van der Waals surface area contributed by atoms with Crippen molar-refractivity contribution >= 4 is 11.3 Å². The number of hydrogen-bond acceptors (Lipinski definition) is 3. The number of nitrogens with one attached hydrogen (secondary N) is 1. The zero-order valence-corrected chi connectivity index (χ0v) is 12.4. The van der Waals surface area contributed by atoms with Crippen LogP contribution in [0.5, 0.6) is 0 Å². The van der Waals surface area contributed by atoms with E-state index in [0.29, 0.717) is 6.04 Å². The Morgan fingerprint density at radius 3 is 2.72 bits per heavy atom. The van der Waals surface area contributed by atoms with Gasteiger partial charge in [-0.25, -0.2) is 0 Å². The highest BCUT2D eigenvalue weighted by Gasteiger charge is 2.39. The van der Waals surface area contributed by atoms with Crippen LogP contribution in [0, 0.1) is 0 Å². The highest BCUT2D eigenvalue weighted by Crippen LogP contribution is 2.35. The average Bonchev–Trinajstić information content (AvgIpc) is 2.90. The molecule has 0 radical (unpaired) electrons. The first-order valence-corrected chi connectivity index (χ1v) is 8.07. The molecular weight excluding hydrogens is 242 g/mol. The molecule has 1 aromatic rings. The van der Waals surface area contributed by atoms with Crippen LogP contribution in [0.2, 0.25) is 0 Å². The van der Waals surface area contributed by atoms with E-state index in [9.17, 15) is 0 Å². The van der Waals surface area contributed by atoms with E-state index in [4.69, 9.17) is 4.74 Å². The summed E-state index contributed by atoms with van der Waals surface area (Å²) >= 11 is 1.78. The molecular formula is C15H25NOS. The van der Waals surface area contributed by atoms with Crippen LogP contribution >= 0.6 is 11.3 Å². The Morgan fingerprint density at radius 1 is 1.39 bits per heavy atom. The zero-order valence-electron chi connectivity index (χ0n) is 11.6. The van der Waals surface area contributed by atoms with E-state index in [1.165, 1.54) is 37.7 Å². The van der Waals surface area contributed by atoms with E-state index < -0.39 is 0 Å². The van der Waals surface area contributed by atoms with Crippen molar-refractivity contribution in [3.8, 4) is 0 Å². The van der Waals surface area contributed by atoms with E-state index in [2.05, 4.69) is 36.1 Å². The Balaban J connectivity index is 2.10. The fourth-order valence-electron chi connectivity index (χ4n) is 3.23. The van der Waals surface area contributed by atoms with E-state index in [1.54, 1.807) is 11.3 Å². The normalized spacial score (nSPS) is 20.8. The van der Waals surface area contributed by atoms with Crippen LogP contribution in [-0.2, 0) is 11.2 Å². The maximum atomic E-state index is 6.21. The second-order valence-corrected chi connectivity index (χ2v) is 6.02. The first-order chi connectivity index (χ1) is 8.80. The number of rotatable bonds is 6. The van der Waals surface area contributed by atoms with Gasteiger partial charge in [0, 0.05) is 12.6 Å². The summed E-state index contributed by atoms with van der Waals surface area (Å²) in [6.07, 6.45) is 7.47. The molecule has 1 N–H and O–H groups in total. The van der Waals surface area contributed by atoms with E-state index in [0.717, 1.165) is 13.0 Å². The second-order valence-electron chi connectivity index (χ2n) is 5.24. The smallest absolute Gasteiger partial charge is 0.0837 e. The van der Waals surface area contributed by atoms with Gasteiger partial charge in [0.25, 0.3) is 0 Å². The summed E-state index contributed by atoms with van der Waals surface area (Å²) in [4.78, 5) is 0. The van der Waals surface area contributed by atoms with Crippen LogP contribution in [-0.4, -0.2) is 25.3 Å². The van der Waals surface area contributed by atoms with Gasteiger partial charge in [-0.3, -0.25) is 0 Å². The van der Waals surface area contributed by atoms with Gasteiger partial charge in [0.15, 0.2) is 0 Å². The number of ether oxygens (including phenoxy) is 1. The van der Waals surface area contributed by atoms with Gasteiger partial charge in [-0.15, -0.1) is 0 Å². The first-order valence-electron chi connectivity index (χ1n) is 7.13. The van der Waals surface area contributed by atoms with Crippen molar-refractivity contribution in [1.29, 1.82) is 0 Å². The van der Waals surface area contributed by atoms with E-state index in [-0.39, 0.29) is 5.60 Å². The van der Waals surface area contributed by atoms with Crippen LogP contribution in [0.1, 0.15) is 44.6 Å². The van der Waals surface area contributed by atoms with Gasteiger partial charge in [-0.05, 0) is 55.6 Å². The molecule has 2 rings (SSSR count). The van der Waals surface area contributed by atoms with Crippen molar-refractivity contribution in [2.24, 2.45) is 0 Å². The second kappa shape index (κ2) is 6.69. The van der Waals surface area contributed by atoms with E-state index in [1.807, 2.05) is 0 Å². The molecule has 3 heteroatoms. The Kier molecular flexibility index (Phi) is 5.22. The summed E-state index contributed by atoms with van der Waals surface area (Å²) < 4.78 is 6.21. The third-order valence-electron chi connectivity index (χ3n) is 4.14. The van der Waals surface area contributed by atoms with Gasteiger partial charge >= 0.3 is 0 Å². The molecule has 1 saturated carbocycles. The van der Waals surface area contributed by atoms with Gasteiger partial charge < -0.3 is 10.1 Å². The maximum Gasteiger partial charge on any atom is 0.0837 e. The molecule has 2 nitrogen and oxygen atoms in total. The first kappa shape index (κ1) is 14.0. The summed E-state index contributed by atoms with van der Waals surface area (Å²) in [7, 11) is 2.08. The minimum Gasteiger partial charge on any atom is -0.374 e. The highest BCUT2D eigenvalue weighted by molar-refractivity contribution is 7.07. The summed E-state index contributed by atoms with van der Waals surface area (Å²) in [6.45, 7) is 2.94. The van der Waals surface area contributed by atoms with Crippen LogP contribution < -0.4 is 5.32 Å². The molecule has 1 heterocycles. The lowest BCUT2D eigenvalue weighted by molar-refractivity contribution is -0.0883. The summed E-state index contributed by atoms with van der Waals surface area (Å²) in [5, 5.41) is 7.94. The molecule has 0 aromatic carbocycles. The summed E-state index contributed by atoms with van der Waals surface area (Å²) in [5.74, 6) is 0. The van der Waals surface area contributed by atoms with E-state index >= 15 is 0 Å². The predicted molar refractivity (Wildman–Crippen MR) is 78.3 cm³/mol. The Bertz CT molecular complexity index is 325. The van der Waals surface area contributed by atoms with Crippen molar-refractivity contribution in [2.45, 2.75) is 57.1 Å². The molecule has 1 fully saturated rings. The summed E-state index contributed by atoms with van der Waals surface area (Å²) in [6, 6.07) is 2.67. The minimum atomic E-state index is 0.0592. The largest absolute Gasteiger partial charge is 0.374 e. The predicted octanol–water partition coefficient (Wildman–Crippen LogP) is 3.62. The molecule has 1 atom stereocenters.